The van der Waals surface area contributed by atoms with Crippen LogP contribution in [0, 0.1) is 6.92 Å². The molecule has 0 unspecified atom stereocenters. The number of halogens is 1. The molecule has 39 heavy (non-hydrogen) atoms. The van der Waals surface area contributed by atoms with Gasteiger partial charge < -0.3 is 19.5 Å². The van der Waals surface area contributed by atoms with E-state index in [0.717, 1.165) is 16.9 Å². The number of aryl methyl sites for hydroxylation is 1. The van der Waals surface area contributed by atoms with Crippen LogP contribution >= 0.6 is 11.6 Å². The average Bonchev–Trinajstić information content (AvgIpc) is 3.55. The zero-order valence-corrected chi connectivity index (χ0v) is 22.1. The average molecular weight is 545 g/mol. The Morgan fingerprint density at radius 3 is 2.59 bits per heavy atom. The van der Waals surface area contributed by atoms with E-state index in [0.29, 0.717) is 65.0 Å². The lowest BCUT2D eigenvalue weighted by Crippen LogP contribution is -2.50. The molecule has 1 N–H and O–H groups in total. The lowest BCUT2D eigenvalue weighted by molar-refractivity contribution is -0.138. The number of H-pyrrole nitrogens is 1. The van der Waals surface area contributed by atoms with E-state index < -0.39 is 0 Å². The van der Waals surface area contributed by atoms with Crippen molar-refractivity contribution in [3.8, 4) is 22.8 Å². The van der Waals surface area contributed by atoms with Gasteiger partial charge in [0.2, 0.25) is 11.8 Å². The number of aromatic nitrogens is 6. The first kappa shape index (κ1) is 24.8. The van der Waals surface area contributed by atoms with Gasteiger partial charge in [0.1, 0.15) is 34.4 Å². The number of piperazine rings is 1. The molecule has 3 aromatic heterocycles. The lowest BCUT2D eigenvalue weighted by Gasteiger charge is -2.34. The van der Waals surface area contributed by atoms with Crippen LogP contribution in [-0.2, 0) is 16.1 Å². The summed E-state index contributed by atoms with van der Waals surface area (Å²) in [7, 11) is 0. The molecule has 4 heterocycles. The maximum absolute atomic E-state index is 12.8. The van der Waals surface area contributed by atoms with Gasteiger partial charge in [0.15, 0.2) is 0 Å². The molecule has 11 nitrogen and oxygen atoms in total. The Kier molecular flexibility index (Phi) is 6.35. The predicted molar refractivity (Wildman–Crippen MR) is 146 cm³/mol. The number of benzene rings is 2. The zero-order chi connectivity index (χ0) is 27.1. The monoisotopic (exact) mass is 544 g/mol. The highest BCUT2D eigenvalue weighted by atomic mass is 35.5. The molecule has 0 saturated carbocycles. The van der Waals surface area contributed by atoms with Gasteiger partial charge in [-0.1, -0.05) is 11.6 Å². The third kappa shape index (κ3) is 5.00. The quantitative estimate of drug-likeness (QED) is 0.357. The van der Waals surface area contributed by atoms with Crippen molar-refractivity contribution in [2.75, 3.05) is 26.2 Å². The summed E-state index contributed by atoms with van der Waals surface area (Å²) in [4.78, 5) is 44.7. The second-order valence-electron chi connectivity index (χ2n) is 9.42. The molecule has 12 heteroatoms. The second kappa shape index (κ2) is 9.99. The summed E-state index contributed by atoms with van der Waals surface area (Å²) in [5.41, 5.74) is 4.14. The molecule has 0 bridgehead atoms. The Bertz CT molecular complexity index is 1720. The Labute approximate surface area is 228 Å². The summed E-state index contributed by atoms with van der Waals surface area (Å²) in [6, 6.07) is 9.16. The third-order valence-electron chi connectivity index (χ3n) is 6.72. The van der Waals surface area contributed by atoms with E-state index in [2.05, 4.69) is 20.1 Å². The Balaban J connectivity index is 1.19. The summed E-state index contributed by atoms with van der Waals surface area (Å²) in [5, 5.41) is 4.69. The minimum Gasteiger partial charge on any atom is -0.456 e. The number of carbonyl (C=O) groups is 2. The molecule has 1 saturated heterocycles. The van der Waals surface area contributed by atoms with Crippen LogP contribution in [0.1, 0.15) is 12.7 Å². The number of amides is 2. The first-order valence-electron chi connectivity index (χ1n) is 12.5. The van der Waals surface area contributed by atoms with E-state index in [4.69, 9.17) is 21.3 Å². The SMILES string of the molecule is CC(=O)N1CCN(C(=O)Cn2cc(-c3cnc4ccc(Oc5ccc6nc(C)[nH]c6c5)c(Cl)c4n3)cn2)CC1. The van der Waals surface area contributed by atoms with Crippen LogP contribution in [0.25, 0.3) is 33.3 Å². The van der Waals surface area contributed by atoms with Crippen molar-refractivity contribution in [2.24, 2.45) is 0 Å². The van der Waals surface area contributed by atoms with Gasteiger partial charge in [0, 0.05) is 50.9 Å². The predicted octanol–water partition coefficient (Wildman–Crippen LogP) is 3.81. The Morgan fingerprint density at radius 2 is 1.79 bits per heavy atom. The van der Waals surface area contributed by atoms with Crippen LogP contribution in [0.4, 0.5) is 0 Å². The molecule has 0 aliphatic carbocycles. The summed E-state index contributed by atoms with van der Waals surface area (Å²) in [5.74, 6) is 1.88. The van der Waals surface area contributed by atoms with Gasteiger partial charge >= 0.3 is 0 Å². The van der Waals surface area contributed by atoms with Crippen LogP contribution in [0.3, 0.4) is 0 Å². The van der Waals surface area contributed by atoms with Crippen LogP contribution in [0.15, 0.2) is 48.9 Å². The molecule has 1 aliphatic heterocycles. The first-order chi connectivity index (χ1) is 18.8. The third-order valence-corrected chi connectivity index (χ3v) is 7.09. The summed E-state index contributed by atoms with van der Waals surface area (Å²) < 4.78 is 7.66. The van der Waals surface area contributed by atoms with Crippen LogP contribution in [0.2, 0.25) is 5.02 Å². The van der Waals surface area contributed by atoms with Crippen molar-refractivity contribution in [3.05, 3.63) is 59.8 Å². The Morgan fingerprint density at radius 1 is 1.03 bits per heavy atom. The number of carbonyl (C=O) groups excluding carboxylic acids is 2. The van der Waals surface area contributed by atoms with E-state index in [1.165, 1.54) is 0 Å². The van der Waals surface area contributed by atoms with E-state index in [-0.39, 0.29) is 18.4 Å². The van der Waals surface area contributed by atoms with E-state index in [1.54, 1.807) is 52.1 Å². The molecular weight excluding hydrogens is 520 g/mol. The molecule has 0 spiro atoms. The highest BCUT2D eigenvalue weighted by Crippen LogP contribution is 2.35. The summed E-state index contributed by atoms with van der Waals surface area (Å²) in [6.07, 6.45) is 5.06. The van der Waals surface area contributed by atoms with Gasteiger partial charge in [-0.3, -0.25) is 19.3 Å². The van der Waals surface area contributed by atoms with Crippen molar-refractivity contribution < 1.29 is 14.3 Å². The normalized spacial score (nSPS) is 13.8. The van der Waals surface area contributed by atoms with Gasteiger partial charge in [-0.15, -0.1) is 0 Å². The topological polar surface area (TPSA) is 122 Å². The summed E-state index contributed by atoms with van der Waals surface area (Å²) in [6.45, 7) is 5.66. The molecule has 198 valence electrons. The van der Waals surface area contributed by atoms with Crippen molar-refractivity contribution >= 4 is 45.5 Å². The van der Waals surface area contributed by atoms with Gasteiger partial charge in [0.25, 0.3) is 0 Å². The van der Waals surface area contributed by atoms with Gasteiger partial charge in [-0.2, -0.15) is 5.10 Å². The highest BCUT2D eigenvalue weighted by molar-refractivity contribution is 6.36. The minimum absolute atomic E-state index is 0.0276. The molecule has 0 atom stereocenters. The van der Waals surface area contributed by atoms with Gasteiger partial charge in [0.05, 0.1) is 34.6 Å². The molecule has 1 aliphatic rings. The maximum atomic E-state index is 12.8. The zero-order valence-electron chi connectivity index (χ0n) is 21.4. The van der Waals surface area contributed by atoms with Crippen molar-refractivity contribution in [3.63, 3.8) is 0 Å². The number of ether oxygens (including phenoxy) is 1. The number of imidazole rings is 1. The second-order valence-corrected chi connectivity index (χ2v) is 9.80. The van der Waals surface area contributed by atoms with Crippen molar-refractivity contribution in [2.45, 2.75) is 20.4 Å². The molecule has 6 rings (SSSR count). The van der Waals surface area contributed by atoms with E-state index in [1.807, 2.05) is 25.1 Å². The maximum Gasteiger partial charge on any atom is 0.244 e. The fraction of sp³-hybridized carbons (Fsp3) is 0.259. The number of nitrogens with zero attached hydrogens (tertiary/aromatic N) is 7. The van der Waals surface area contributed by atoms with Gasteiger partial charge in [-0.05, 0) is 31.2 Å². The minimum atomic E-state index is -0.0502. The standard InChI is InChI=1S/C27H25ClN8O3/c1-16-31-20-4-3-19(11-22(20)32-16)39-24-6-5-21-27(26(24)28)33-23(13-29-21)18-12-30-36(14-18)15-25(38)35-9-7-34(8-10-35)17(2)37/h3-6,11-14H,7-10,15H2,1-2H3,(H,31,32). The fourth-order valence-electron chi connectivity index (χ4n) is 4.64. The first-order valence-corrected chi connectivity index (χ1v) is 12.9. The molecule has 2 amide bonds. The number of rotatable bonds is 5. The Hall–Kier alpha value is -4.51. The fourth-order valence-corrected chi connectivity index (χ4v) is 4.88. The molecular formula is C27H25ClN8O3. The van der Waals surface area contributed by atoms with Gasteiger partial charge in [-0.25, -0.2) is 9.97 Å². The van der Waals surface area contributed by atoms with Crippen molar-refractivity contribution in [1.29, 1.82) is 0 Å². The molecule has 0 radical (unpaired) electrons. The van der Waals surface area contributed by atoms with Crippen LogP contribution < -0.4 is 4.74 Å². The number of fused-ring (bicyclic) bond motifs is 2. The van der Waals surface area contributed by atoms with Crippen molar-refractivity contribution in [1.82, 2.24) is 39.5 Å². The van der Waals surface area contributed by atoms with Crippen LogP contribution in [-0.4, -0.2) is 77.5 Å². The lowest BCUT2D eigenvalue weighted by atomic mass is 10.2. The number of aromatic amines is 1. The molecule has 1 fully saturated rings. The van der Waals surface area contributed by atoms with Crippen LogP contribution in [0.5, 0.6) is 11.5 Å². The number of hydrogen-bond acceptors (Lipinski definition) is 7. The molecule has 5 aromatic rings. The highest BCUT2D eigenvalue weighted by Gasteiger charge is 2.23. The number of nitrogens with one attached hydrogen (secondary N) is 1. The smallest absolute Gasteiger partial charge is 0.244 e. The molecule has 2 aromatic carbocycles. The summed E-state index contributed by atoms with van der Waals surface area (Å²) >= 11 is 6.72. The number of hydrogen-bond donors (Lipinski definition) is 1. The van der Waals surface area contributed by atoms with E-state index >= 15 is 0 Å². The van der Waals surface area contributed by atoms with E-state index in [9.17, 15) is 9.59 Å². The largest absolute Gasteiger partial charge is 0.456 e.